The Hall–Kier alpha value is -1.89. The molecule has 18 heavy (non-hydrogen) atoms. The predicted octanol–water partition coefficient (Wildman–Crippen LogP) is 0.680. The van der Waals surface area contributed by atoms with E-state index in [1.54, 1.807) is 32.3 Å². The SMILES string of the molecule is Cc1ccc(N)cc1S(=O)(=O)Cc1cn(C)nn1. The molecule has 0 saturated carbocycles. The summed E-state index contributed by atoms with van der Waals surface area (Å²) in [6.07, 6.45) is 1.58. The van der Waals surface area contributed by atoms with Gasteiger partial charge >= 0.3 is 0 Å². The molecule has 0 aliphatic carbocycles. The Bertz CT molecular complexity index is 676. The largest absolute Gasteiger partial charge is 0.399 e. The average Bonchev–Trinajstić information content (AvgIpc) is 2.66. The van der Waals surface area contributed by atoms with Crippen LogP contribution in [0, 0.1) is 6.92 Å². The number of aryl methyl sites for hydroxylation is 2. The van der Waals surface area contributed by atoms with Crippen molar-refractivity contribution in [2.24, 2.45) is 7.05 Å². The molecule has 0 aliphatic rings. The lowest BCUT2D eigenvalue weighted by Crippen LogP contribution is -2.08. The maximum Gasteiger partial charge on any atom is 0.184 e. The molecule has 2 N–H and O–H groups in total. The molecule has 0 spiro atoms. The summed E-state index contributed by atoms with van der Waals surface area (Å²) in [5.74, 6) is -0.175. The Kier molecular flexibility index (Phi) is 3.08. The van der Waals surface area contributed by atoms with Gasteiger partial charge in [0.25, 0.3) is 0 Å². The van der Waals surface area contributed by atoms with E-state index in [4.69, 9.17) is 5.73 Å². The highest BCUT2D eigenvalue weighted by Gasteiger charge is 2.19. The van der Waals surface area contributed by atoms with Crippen molar-refractivity contribution < 1.29 is 8.42 Å². The number of hydrogen-bond acceptors (Lipinski definition) is 5. The summed E-state index contributed by atoms with van der Waals surface area (Å²) in [6.45, 7) is 1.74. The molecule has 0 bridgehead atoms. The summed E-state index contributed by atoms with van der Waals surface area (Å²) in [6, 6.07) is 4.84. The van der Waals surface area contributed by atoms with Crippen molar-refractivity contribution in [3.63, 3.8) is 0 Å². The molecule has 1 aromatic heterocycles. The van der Waals surface area contributed by atoms with Gasteiger partial charge in [-0.1, -0.05) is 11.3 Å². The van der Waals surface area contributed by atoms with Crippen molar-refractivity contribution in [1.82, 2.24) is 15.0 Å². The van der Waals surface area contributed by atoms with Gasteiger partial charge < -0.3 is 5.73 Å². The third kappa shape index (κ3) is 2.51. The summed E-state index contributed by atoms with van der Waals surface area (Å²) >= 11 is 0. The van der Waals surface area contributed by atoms with Gasteiger partial charge in [-0.2, -0.15) is 0 Å². The molecule has 2 rings (SSSR count). The van der Waals surface area contributed by atoms with E-state index in [1.807, 2.05) is 0 Å². The van der Waals surface area contributed by atoms with Crippen molar-refractivity contribution >= 4 is 15.5 Å². The van der Waals surface area contributed by atoms with Crippen molar-refractivity contribution in [3.05, 3.63) is 35.7 Å². The van der Waals surface area contributed by atoms with Crippen LogP contribution in [0.4, 0.5) is 5.69 Å². The lowest BCUT2D eigenvalue weighted by Gasteiger charge is -2.07. The molecule has 0 atom stereocenters. The number of benzene rings is 1. The highest BCUT2D eigenvalue weighted by atomic mass is 32.2. The maximum absolute atomic E-state index is 12.3. The first-order valence-electron chi connectivity index (χ1n) is 5.32. The monoisotopic (exact) mass is 266 g/mol. The smallest absolute Gasteiger partial charge is 0.184 e. The number of hydrogen-bond donors (Lipinski definition) is 1. The van der Waals surface area contributed by atoms with Crippen LogP contribution < -0.4 is 5.73 Å². The lowest BCUT2D eigenvalue weighted by molar-refractivity contribution is 0.594. The van der Waals surface area contributed by atoms with Crippen molar-refractivity contribution in [2.75, 3.05) is 5.73 Å². The first-order valence-corrected chi connectivity index (χ1v) is 6.98. The Balaban J connectivity index is 2.39. The van der Waals surface area contributed by atoms with E-state index in [0.717, 1.165) is 0 Å². The van der Waals surface area contributed by atoms with Gasteiger partial charge in [0, 0.05) is 18.9 Å². The zero-order valence-corrected chi connectivity index (χ0v) is 11.0. The van der Waals surface area contributed by atoms with Gasteiger partial charge in [0.1, 0.15) is 5.75 Å². The van der Waals surface area contributed by atoms with Gasteiger partial charge in [-0.15, -0.1) is 5.10 Å². The molecule has 0 fully saturated rings. The molecule has 96 valence electrons. The van der Waals surface area contributed by atoms with E-state index in [-0.39, 0.29) is 10.6 Å². The topological polar surface area (TPSA) is 90.9 Å². The number of nitrogens with zero attached hydrogens (tertiary/aromatic N) is 3. The molecular weight excluding hydrogens is 252 g/mol. The van der Waals surface area contributed by atoms with E-state index >= 15 is 0 Å². The molecule has 0 unspecified atom stereocenters. The van der Waals surface area contributed by atoms with Gasteiger partial charge in [-0.25, -0.2) is 8.42 Å². The van der Waals surface area contributed by atoms with Crippen LogP contribution >= 0.6 is 0 Å². The average molecular weight is 266 g/mol. The number of aromatic nitrogens is 3. The fourth-order valence-corrected chi connectivity index (χ4v) is 3.24. The van der Waals surface area contributed by atoms with Gasteiger partial charge in [0.15, 0.2) is 9.84 Å². The number of rotatable bonds is 3. The van der Waals surface area contributed by atoms with Crippen LogP contribution in [0.3, 0.4) is 0 Å². The van der Waals surface area contributed by atoms with Crippen LogP contribution in [0.25, 0.3) is 0 Å². The predicted molar refractivity (Wildman–Crippen MR) is 67.5 cm³/mol. The highest BCUT2D eigenvalue weighted by Crippen LogP contribution is 2.21. The first kappa shape index (κ1) is 12.6. The molecular formula is C11H14N4O2S. The summed E-state index contributed by atoms with van der Waals surface area (Å²) in [4.78, 5) is 0.244. The molecule has 6 nitrogen and oxygen atoms in total. The van der Waals surface area contributed by atoms with E-state index in [1.165, 1.54) is 10.7 Å². The molecule has 1 aromatic carbocycles. The van der Waals surface area contributed by atoms with Crippen LogP contribution in [0.15, 0.2) is 29.3 Å². The Morgan fingerprint density at radius 1 is 1.39 bits per heavy atom. The van der Waals surface area contributed by atoms with E-state index in [0.29, 0.717) is 16.9 Å². The Morgan fingerprint density at radius 2 is 2.11 bits per heavy atom. The number of anilines is 1. The standard InChI is InChI=1S/C11H14N4O2S/c1-8-3-4-9(12)5-11(8)18(16,17)7-10-6-15(2)14-13-10/h3-6H,7,12H2,1-2H3. The van der Waals surface area contributed by atoms with Crippen LogP contribution in [0.2, 0.25) is 0 Å². The fraction of sp³-hybridized carbons (Fsp3) is 0.273. The number of nitrogens with two attached hydrogens (primary N) is 1. The summed E-state index contributed by atoms with van der Waals surface area (Å²) in [7, 11) is -1.76. The quantitative estimate of drug-likeness (QED) is 0.825. The number of sulfone groups is 1. The van der Waals surface area contributed by atoms with Gasteiger partial charge in [-0.3, -0.25) is 4.68 Å². The van der Waals surface area contributed by atoms with Gasteiger partial charge in [-0.05, 0) is 24.6 Å². The van der Waals surface area contributed by atoms with Crippen LogP contribution in [0.5, 0.6) is 0 Å². The molecule has 7 heteroatoms. The second kappa shape index (κ2) is 4.41. The minimum atomic E-state index is -3.45. The van der Waals surface area contributed by atoms with Crippen molar-refractivity contribution in [3.8, 4) is 0 Å². The van der Waals surface area contributed by atoms with E-state index < -0.39 is 9.84 Å². The Morgan fingerprint density at radius 3 is 2.72 bits per heavy atom. The molecule has 0 saturated heterocycles. The van der Waals surface area contributed by atoms with Gasteiger partial charge in [0.05, 0.1) is 10.6 Å². The summed E-state index contributed by atoms with van der Waals surface area (Å²) in [5.41, 5.74) is 7.14. The fourth-order valence-electron chi connectivity index (χ4n) is 1.69. The zero-order valence-electron chi connectivity index (χ0n) is 10.2. The lowest BCUT2D eigenvalue weighted by atomic mass is 10.2. The maximum atomic E-state index is 12.3. The molecule has 2 aromatic rings. The zero-order chi connectivity index (χ0) is 13.3. The highest BCUT2D eigenvalue weighted by molar-refractivity contribution is 7.90. The van der Waals surface area contributed by atoms with Crippen LogP contribution in [-0.2, 0) is 22.6 Å². The minimum absolute atomic E-state index is 0.175. The molecule has 1 heterocycles. The summed E-state index contributed by atoms with van der Waals surface area (Å²) in [5, 5.41) is 7.49. The normalized spacial score (nSPS) is 11.7. The molecule has 0 amide bonds. The molecule has 0 aliphatic heterocycles. The second-order valence-electron chi connectivity index (χ2n) is 4.17. The Labute approximate surface area is 105 Å². The van der Waals surface area contributed by atoms with Crippen molar-refractivity contribution in [2.45, 2.75) is 17.6 Å². The van der Waals surface area contributed by atoms with E-state index in [9.17, 15) is 8.42 Å². The van der Waals surface area contributed by atoms with E-state index in [2.05, 4.69) is 10.3 Å². The number of nitrogen functional groups attached to an aromatic ring is 1. The van der Waals surface area contributed by atoms with Crippen LogP contribution in [-0.4, -0.2) is 23.4 Å². The van der Waals surface area contributed by atoms with Gasteiger partial charge in [0.2, 0.25) is 0 Å². The second-order valence-corrected chi connectivity index (χ2v) is 6.13. The van der Waals surface area contributed by atoms with Crippen molar-refractivity contribution in [1.29, 1.82) is 0 Å². The first-order chi connectivity index (χ1) is 8.38. The summed E-state index contributed by atoms with van der Waals surface area (Å²) < 4.78 is 26.0. The minimum Gasteiger partial charge on any atom is -0.399 e. The third-order valence-corrected chi connectivity index (χ3v) is 4.32. The van der Waals surface area contributed by atoms with Crippen LogP contribution in [0.1, 0.15) is 11.3 Å². The third-order valence-electron chi connectivity index (χ3n) is 2.54. The molecule has 0 radical (unpaired) electrons.